The highest BCUT2D eigenvalue weighted by Crippen LogP contribution is 2.29. The number of rotatable bonds is 9. The van der Waals surface area contributed by atoms with E-state index in [4.69, 9.17) is 27.6 Å². The third-order valence-electron chi connectivity index (χ3n) is 3.94. The molecule has 2 rings (SSSR count). The van der Waals surface area contributed by atoms with Crippen LogP contribution in [-0.4, -0.2) is 54.3 Å². The number of benzene rings is 1. The molecule has 10 heteroatoms. The van der Waals surface area contributed by atoms with Crippen LogP contribution in [0.5, 0.6) is 0 Å². The van der Waals surface area contributed by atoms with Gasteiger partial charge in [-0.3, -0.25) is 14.4 Å². The van der Waals surface area contributed by atoms with Gasteiger partial charge in [-0.1, -0.05) is 29.3 Å². The highest BCUT2D eigenvalue weighted by atomic mass is 35.5. The van der Waals surface area contributed by atoms with E-state index >= 15 is 0 Å². The number of halogens is 2. The second kappa shape index (κ2) is 11.1. The zero-order valence-electron chi connectivity index (χ0n) is 15.9. The van der Waals surface area contributed by atoms with Gasteiger partial charge in [-0.2, -0.15) is 11.8 Å². The van der Waals surface area contributed by atoms with Crippen molar-refractivity contribution in [2.45, 2.75) is 12.5 Å². The Kier molecular flexibility index (Phi) is 8.88. The van der Waals surface area contributed by atoms with Crippen LogP contribution in [0.2, 0.25) is 10.0 Å². The Bertz CT molecular complexity index is 841. The molecule has 0 aliphatic carbocycles. The summed E-state index contributed by atoms with van der Waals surface area (Å²) in [7, 11) is 1.49. The van der Waals surface area contributed by atoms with Crippen molar-refractivity contribution in [1.82, 2.24) is 10.2 Å². The van der Waals surface area contributed by atoms with Gasteiger partial charge in [-0.25, -0.2) is 0 Å². The van der Waals surface area contributed by atoms with Gasteiger partial charge in [0, 0.05) is 7.05 Å². The van der Waals surface area contributed by atoms with Crippen molar-refractivity contribution in [1.29, 1.82) is 0 Å². The van der Waals surface area contributed by atoms with Crippen molar-refractivity contribution in [2.75, 3.05) is 30.9 Å². The molecule has 0 radical (unpaired) electrons. The first-order valence-electron chi connectivity index (χ1n) is 8.65. The number of carbonyl (C=O) groups excluding carboxylic acids is 3. The molecule has 0 aliphatic rings. The Morgan fingerprint density at radius 2 is 1.86 bits per heavy atom. The molecule has 156 valence electrons. The van der Waals surface area contributed by atoms with E-state index in [1.807, 2.05) is 6.26 Å². The van der Waals surface area contributed by atoms with Crippen molar-refractivity contribution in [2.24, 2.45) is 0 Å². The van der Waals surface area contributed by atoms with Crippen molar-refractivity contribution in [3.8, 4) is 0 Å². The van der Waals surface area contributed by atoms with Gasteiger partial charge in [-0.05, 0) is 42.7 Å². The van der Waals surface area contributed by atoms with Crippen LogP contribution in [0, 0.1) is 0 Å². The molecular formula is C19H21Cl2N3O4S. The molecule has 0 spiro atoms. The van der Waals surface area contributed by atoms with E-state index in [2.05, 4.69) is 10.6 Å². The molecule has 3 amide bonds. The summed E-state index contributed by atoms with van der Waals surface area (Å²) in [5.74, 6) is -0.573. The second-order valence-corrected chi connectivity index (χ2v) is 7.92. The minimum absolute atomic E-state index is 0.112. The quantitative estimate of drug-likeness (QED) is 0.600. The predicted molar refractivity (Wildman–Crippen MR) is 116 cm³/mol. The third kappa shape index (κ3) is 6.69. The monoisotopic (exact) mass is 457 g/mol. The number of nitrogens with one attached hydrogen (secondary N) is 2. The van der Waals surface area contributed by atoms with Gasteiger partial charge < -0.3 is 20.0 Å². The topological polar surface area (TPSA) is 91.7 Å². The largest absolute Gasteiger partial charge is 0.459 e. The zero-order valence-corrected chi connectivity index (χ0v) is 18.2. The molecule has 2 aromatic rings. The fourth-order valence-electron chi connectivity index (χ4n) is 2.49. The van der Waals surface area contributed by atoms with Crippen molar-refractivity contribution in [3.05, 3.63) is 52.4 Å². The molecule has 1 heterocycles. The first kappa shape index (κ1) is 23.1. The van der Waals surface area contributed by atoms with Crippen LogP contribution in [0.3, 0.4) is 0 Å². The SMILES string of the molecule is CSCC[C@H](NC(=O)c1ccco1)C(=O)N(C)CC(=O)Nc1c(Cl)cccc1Cl. The Morgan fingerprint density at radius 1 is 1.17 bits per heavy atom. The molecule has 29 heavy (non-hydrogen) atoms. The van der Waals surface area contributed by atoms with Crippen LogP contribution in [-0.2, 0) is 9.59 Å². The van der Waals surface area contributed by atoms with E-state index in [1.165, 1.54) is 24.3 Å². The lowest BCUT2D eigenvalue weighted by molar-refractivity contribution is -0.135. The maximum absolute atomic E-state index is 12.8. The summed E-state index contributed by atoms with van der Waals surface area (Å²) in [6.45, 7) is -0.229. The van der Waals surface area contributed by atoms with E-state index in [-0.39, 0.29) is 23.9 Å². The summed E-state index contributed by atoms with van der Waals surface area (Å²) in [4.78, 5) is 38.7. The molecule has 7 nitrogen and oxygen atoms in total. The predicted octanol–water partition coefficient (Wildman–Crippen LogP) is 3.54. The van der Waals surface area contributed by atoms with Gasteiger partial charge in [0.25, 0.3) is 5.91 Å². The molecule has 0 saturated heterocycles. The van der Waals surface area contributed by atoms with Crippen LogP contribution in [0.25, 0.3) is 0 Å². The Morgan fingerprint density at radius 3 is 2.45 bits per heavy atom. The lowest BCUT2D eigenvalue weighted by atomic mass is 10.2. The van der Waals surface area contributed by atoms with Crippen molar-refractivity contribution >= 4 is 58.4 Å². The molecule has 0 bridgehead atoms. The number of hydrogen-bond acceptors (Lipinski definition) is 5. The summed E-state index contributed by atoms with van der Waals surface area (Å²) in [6, 6.07) is 7.16. The van der Waals surface area contributed by atoms with Crippen LogP contribution >= 0.6 is 35.0 Å². The molecule has 2 N–H and O–H groups in total. The molecule has 0 saturated carbocycles. The number of carbonyl (C=O) groups is 3. The van der Waals surface area contributed by atoms with Crippen LogP contribution in [0.15, 0.2) is 41.0 Å². The highest BCUT2D eigenvalue weighted by Gasteiger charge is 2.26. The van der Waals surface area contributed by atoms with E-state index in [0.29, 0.717) is 22.2 Å². The average molecular weight is 458 g/mol. The fraction of sp³-hybridized carbons (Fsp3) is 0.316. The number of para-hydroxylation sites is 1. The maximum Gasteiger partial charge on any atom is 0.287 e. The number of likely N-dealkylation sites (N-methyl/N-ethyl adjacent to an activating group) is 1. The smallest absolute Gasteiger partial charge is 0.287 e. The van der Waals surface area contributed by atoms with Gasteiger partial charge in [0.15, 0.2) is 5.76 Å². The van der Waals surface area contributed by atoms with E-state index in [9.17, 15) is 14.4 Å². The van der Waals surface area contributed by atoms with Crippen LogP contribution < -0.4 is 10.6 Å². The highest BCUT2D eigenvalue weighted by molar-refractivity contribution is 7.98. The third-order valence-corrected chi connectivity index (χ3v) is 5.22. The number of thioether (sulfide) groups is 1. The van der Waals surface area contributed by atoms with Gasteiger partial charge in [0.2, 0.25) is 11.8 Å². The Balaban J connectivity index is 2.01. The average Bonchev–Trinajstić information content (AvgIpc) is 3.22. The maximum atomic E-state index is 12.8. The van der Waals surface area contributed by atoms with Crippen molar-refractivity contribution in [3.63, 3.8) is 0 Å². The minimum atomic E-state index is -0.790. The summed E-state index contributed by atoms with van der Waals surface area (Å²) in [5.41, 5.74) is 0.284. The lowest BCUT2D eigenvalue weighted by Gasteiger charge is -2.24. The molecular weight excluding hydrogens is 437 g/mol. The number of furan rings is 1. The standard InChI is InChI=1S/C19H21Cl2N3O4S/c1-24(11-16(25)23-17-12(20)5-3-6-13(17)21)19(27)14(8-10-29-2)22-18(26)15-7-4-9-28-15/h3-7,9,14H,8,10-11H2,1-2H3,(H,22,26)(H,23,25)/t14-/m0/s1. The Labute approximate surface area is 183 Å². The number of hydrogen-bond donors (Lipinski definition) is 2. The van der Waals surface area contributed by atoms with Gasteiger partial charge in [-0.15, -0.1) is 0 Å². The second-order valence-electron chi connectivity index (χ2n) is 6.12. The zero-order chi connectivity index (χ0) is 21.4. The lowest BCUT2D eigenvalue weighted by Crippen LogP contribution is -2.49. The van der Waals surface area contributed by atoms with Crippen LogP contribution in [0.4, 0.5) is 5.69 Å². The summed E-state index contributed by atoms with van der Waals surface area (Å²) >= 11 is 13.6. The fourth-order valence-corrected chi connectivity index (χ4v) is 3.45. The molecule has 1 aromatic heterocycles. The molecule has 0 aliphatic heterocycles. The van der Waals surface area contributed by atoms with Crippen LogP contribution in [0.1, 0.15) is 17.0 Å². The molecule has 1 aromatic carbocycles. The molecule has 0 fully saturated rings. The van der Waals surface area contributed by atoms with Crippen molar-refractivity contribution < 1.29 is 18.8 Å². The van der Waals surface area contributed by atoms with E-state index < -0.39 is 17.9 Å². The minimum Gasteiger partial charge on any atom is -0.459 e. The van der Waals surface area contributed by atoms with Gasteiger partial charge in [0.05, 0.1) is 28.5 Å². The van der Waals surface area contributed by atoms with E-state index in [0.717, 1.165) is 0 Å². The van der Waals surface area contributed by atoms with E-state index in [1.54, 1.807) is 36.0 Å². The summed E-state index contributed by atoms with van der Waals surface area (Å²) in [5, 5.41) is 5.86. The normalized spacial score (nSPS) is 11.6. The number of amides is 3. The first-order valence-corrected chi connectivity index (χ1v) is 10.8. The van der Waals surface area contributed by atoms with Gasteiger partial charge >= 0.3 is 0 Å². The first-order chi connectivity index (χ1) is 13.8. The number of anilines is 1. The Hall–Kier alpha value is -2.16. The number of nitrogens with zero attached hydrogens (tertiary/aromatic N) is 1. The van der Waals surface area contributed by atoms with Gasteiger partial charge in [0.1, 0.15) is 6.04 Å². The summed E-state index contributed by atoms with van der Waals surface area (Å²) < 4.78 is 5.06. The molecule has 0 unspecified atom stereocenters. The molecule has 1 atom stereocenters. The summed E-state index contributed by atoms with van der Waals surface area (Å²) in [6.07, 6.45) is 3.69.